The Bertz CT molecular complexity index is 1380. The van der Waals surface area contributed by atoms with Gasteiger partial charge in [0.25, 0.3) is 11.8 Å². The van der Waals surface area contributed by atoms with Crippen molar-refractivity contribution in [1.29, 1.82) is 0 Å². The number of nitrogens with one attached hydrogen (secondary N) is 1. The van der Waals surface area contributed by atoms with Crippen molar-refractivity contribution in [3.63, 3.8) is 0 Å². The molecule has 0 aliphatic carbocycles. The number of para-hydroxylation sites is 1. The zero-order chi connectivity index (χ0) is 25.8. The van der Waals surface area contributed by atoms with Crippen LogP contribution in [0.1, 0.15) is 29.2 Å². The van der Waals surface area contributed by atoms with Gasteiger partial charge < -0.3 is 9.47 Å². The highest BCUT2D eigenvalue weighted by atomic mass is 79.9. The quantitative estimate of drug-likeness (QED) is 0.302. The highest BCUT2D eigenvalue weighted by Crippen LogP contribution is 2.38. The van der Waals surface area contributed by atoms with Crippen LogP contribution in [0.5, 0.6) is 11.5 Å². The Morgan fingerprint density at radius 3 is 2.47 bits per heavy atom. The summed E-state index contributed by atoms with van der Waals surface area (Å²) in [5.74, 6) is -0.492. The Balaban J connectivity index is 1.67. The molecule has 1 N–H and O–H groups in total. The van der Waals surface area contributed by atoms with Crippen LogP contribution in [-0.2, 0) is 16.2 Å². The number of barbiturate groups is 1. The van der Waals surface area contributed by atoms with E-state index in [1.165, 1.54) is 6.08 Å². The molecule has 0 saturated carbocycles. The number of rotatable bonds is 7. The molecule has 4 amide bonds. The fraction of sp³-hybridized carbons (Fsp3) is 0.179. The van der Waals surface area contributed by atoms with Gasteiger partial charge in [0.15, 0.2) is 11.5 Å². The number of hydrogen-bond donors (Lipinski definition) is 1. The van der Waals surface area contributed by atoms with Gasteiger partial charge in [-0.15, -0.1) is 0 Å². The molecule has 3 aromatic rings. The molecule has 0 aromatic heterocycles. The number of nitrogens with zero attached hydrogens (tertiary/aromatic N) is 1. The molecule has 1 heterocycles. The minimum atomic E-state index is -0.785. The summed E-state index contributed by atoms with van der Waals surface area (Å²) in [6.45, 7) is 6.39. The maximum atomic E-state index is 13.3. The summed E-state index contributed by atoms with van der Waals surface area (Å²) in [6.07, 6.45) is 1.44. The first-order valence-electron chi connectivity index (χ1n) is 11.4. The van der Waals surface area contributed by atoms with Crippen molar-refractivity contribution in [1.82, 2.24) is 5.32 Å². The molecule has 184 valence electrons. The fourth-order valence-electron chi connectivity index (χ4n) is 3.89. The average Bonchev–Trinajstić information content (AvgIpc) is 2.82. The van der Waals surface area contributed by atoms with Gasteiger partial charge in [-0.3, -0.25) is 14.9 Å². The predicted octanol–water partition coefficient (Wildman–Crippen LogP) is 5.71. The van der Waals surface area contributed by atoms with Gasteiger partial charge in [0.2, 0.25) is 0 Å². The predicted molar refractivity (Wildman–Crippen MR) is 141 cm³/mol. The van der Waals surface area contributed by atoms with Crippen molar-refractivity contribution in [3.8, 4) is 11.5 Å². The Morgan fingerprint density at radius 2 is 1.75 bits per heavy atom. The molecule has 4 rings (SSSR count). The van der Waals surface area contributed by atoms with Gasteiger partial charge in [0.1, 0.15) is 12.2 Å². The molecule has 0 unspecified atom stereocenters. The largest absolute Gasteiger partial charge is 0.490 e. The molecule has 7 nitrogen and oxygen atoms in total. The molecule has 0 bridgehead atoms. The molecule has 1 fully saturated rings. The smallest absolute Gasteiger partial charge is 0.335 e. The van der Waals surface area contributed by atoms with Crippen LogP contribution in [0.25, 0.3) is 6.08 Å². The summed E-state index contributed by atoms with van der Waals surface area (Å²) in [5.41, 5.74) is 3.66. The topological polar surface area (TPSA) is 84.9 Å². The first-order valence-corrected chi connectivity index (χ1v) is 12.2. The molecule has 3 aromatic carbocycles. The van der Waals surface area contributed by atoms with E-state index < -0.39 is 17.8 Å². The highest BCUT2D eigenvalue weighted by molar-refractivity contribution is 9.10. The van der Waals surface area contributed by atoms with Crippen LogP contribution in [0.2, 0.25) is 0 Å². The van der Waals surface area contributed by atoms with E-state index in [0.29, 0.717) is 40.4 Å². The van der Waals surface area contributed by atoms with Crippen LogP contribution in [0.3, 0.4) is 0 Å². The van der Waals surface area contributed by atoms with Crippen molar-refractivity contribution in [2.24, 2.45) is 0 Å². The number of hydrogen-bond acceptors (Lipinski definition) is 5. The minimum absolute atomic E-state index is 0.166. The molecule has 8 heteroatoms. The lowest BCUT2D eigenvalue weighted by molar-refractivity contribution is -0.122. The van der Waals surface area contributed by atoms with Gasteiger partial charge in [0, 0.05) is 0 Å². The van der Waals surface area contributed by atoms with E-state index in [-0.39, 0.29) is 5.57 Å². The maximum absolute atomic E-state index is 13.3. The standard InChI is InChI=1S/C28H25BrN2O5/c1-4-35-24-15-20(14-22(29)25(24)36-16-19-10-7-8-17(2)12-19)13-21-26(32)30-28(34)31(27(21)33)23-11-6-5-9-18(23)3/h5-15H,4,16H2,1-3H3,(H,30,32,34)/b21-13+. The molecule has 1 aliphatic heterocycles. The Morgan fingerprint density at radius 1 is 0.972 bits per heavy atom. The van der Waals surface area contributed by atoms with E-state index in [0.717, 1.165) is 21.6 Å². The number of carbonyl (C=O) groups excluding carboxylic acids is 3. The summed E-state index contributed by atoms with van der Waals surface area (Å²) in [6, 6.07) is 17.6. The van der Waals surface area contributed by atoms with Crippen LogP contribution >= 0.6 is 15.9 Å². The number of aryl methyl sites for hydroxylation is 2. The number of ether oxygens (including phenoxy) is 2. The third-order valence-corrected chi connectivity index (χ3v) is 6.16. The molecular weight excluding hydrogens is 524 g/mol. The van der Waals surface area contributed by atoms with Crippen LogP contribution in [0.4, 0.5) is 10.5 Å². The molecule has 0 atom stereocenters. The number of imide groups is 2. The van der Waals surface area contributed by atoms with Gasteiger partial charge in [-0.2, -0.15) is 0 Å². The molecule has 1 aliphatic rings. The molecule has 0 radical (unpaired) electrons. The number of urea groups is 1. The first-order chi connectivity index (χ1) is 17.3. The second-order valence-corrected chi connectivity index (χ2v) is 9.14. The van der Waals surface area contributed by atoms with E-state index in [1.807, 2.05) is 44.2 Å². The summed E-state index contributed by atoms with van der Waals surface area (Å²) in [5, 5.41) is 2.26. The van der Waals surface area contributed by atoms with Crippen LogP contribution in [0.15, 0.2) is 70.7 Å². The van der Waals surface area contributed by atoms with Crippen molar-refractivity contribution in [2.75, 3.05) is 11.5 Å². The summed E-state index contributed by atoms with van der Waals surface area (Å²) >= 11 is 3.53. The zero-order valence-corrected chi connectivity index (χ0v) is 21.7. The lowest BCUT2D eigenvalue weighted by Gasteiger charge is -2.27. The van der Waals surface area contributed by atoms with Crippen molar-refractivity contribution in [3.05, 3.63) is 93.0 Å². The van der Waals surface area contributed by atoms with E-state index in [9.17, 15) is 14.4 Å². The highest BCUT2D eigenvalue weighted by Gasteiger charge is 2.37. The monoisotopic (exact) mass is 548 g/mol. The SMILES string of the molecule is CCOc1cc(/C=C2\C(=O)NC(=O)N(c3ccccc3C)C2=O)cc(Br)c1OCc1cccc(C)c1. The summed E-state index contributed by atoms with van der Waals surface area (Å²) in [4.78, 5) is 39.4. The van der Waals surface area contributed by atoms with E-state index in [4.69, 9.17) is 9.47 Å². The van der Waals surface area contributed by atoms with Crippen LogP contribution in [0, 0.1) is 13.8 Å². The zero-order valence-electron chi connectivity index (χ0n) is 20.1. The van der Waals surface area contributed by atoms with E-state index in [2.05, 4.69) is 21.2 Å². The number of halogens is 1. The molecule has 1 saturated heterocycles. The maximum Gasteiger partial charge on any atom is 0.335 e. The van der Waals surface area contributed by atoms with Crippen LogP contribution in [-0.4, -0.2) is 24.5 Å². The molecule has 0 spiro atoms. The molecular formula is C28H25BrN2O5. The number of amides is 4. The number of carbonyl (C=O) groups is 3. The van der Waals surface area contributed by atoms with Gasteiger partial charge in [-0.05, 0) is 77.7 Å². The second-order valence-electron chi connectivity index (χ2n) is 8.29. The summed E-state index contributed by atoms with van der Waals surface area (Å²) in [7, 11) is 0. The van der Waals surface area contributed by atoms with Crippen molar-refractivity contribution >= 4 is 45.5 Å². The van der Waals surface area contributed by atoms with Crippen molar-refractivity contribution < 1.29 is 23.9 Å². The lowest BCUT2D eigenvalue weighted by Crippen LogP contribution is -2.54. The number of benzene rings is 3. The fourth-order valence-corrected chi connectivity index (χ4v) is 4.46. The van der Waals surface area contributed by atoms with Gasteiger partial charge in [0.05, 0.1) is 16.8 Å². The molecule has 36 heavy (non-hydrogen) atoms. The minimum Gasteiger partial charge on any atom is -0.490 e. The van der Waals surface area contributed by atoms with E-state index >= 15 is 0 Å². The Labute approximate surface area is 217 Å². The normalized spacial score (nSPS) is 14.7. The Kier molecular flexibility index (Phi) is 7.55. The summed E-state index contributed by atoms with van der Waals surface area (Å²) < 4.78 is 12.5. The van der Waals surface area contributed by atoms with E-state index in [1.54, 1.807) is 37.3 Å². The van der Waals surface area contributed by atoms with Gasteiger partial charge >= 0.3 is 6.03 Å². The third kappa shape index (κ3) is 5.33. The van der Waals surface area contributed by atoms with Crippen molar-refractivity contribution in [2.45, 2.75) is 27.4 Å². The third-order valence-electron chi connectivity index (χ3n) is 5.57. The van der Waals surface area contributed by atoms with Crippen LogP contribution < -0.4 is 19.7 Å². The van der Waals surface area contributed by atoms with Gasteiger partial charge in [-0.25, -0.2) is 9.69 Å². The van der Waals surface area contributed by atoms with Gasteiger partial charge in [-0.1, -0.05) is 48.0 Å². The average molecular weight is 549 g/mol. The first kappa shape index (κ1) is 25.2. The Hall–Kier alpha value is -3.91. The number of anilines is 1. The lowest BCUT2D eigenvalue weighted by atomic mass is 10.1. The second kappa shape index (κ2) is 10.8.